The Hall–Kier alpha value is -3.02. The monoisotopic (exact) mass is 395 g/mol. The summed E-state index contributed by atoms with van der Waals surface area (Å²) in [6, 6.07) is 13.3. The molecule has 1 heterocycles. The Morgan fingerprint density at radius 2 is 1.69 bits per heavy atom. The van der Waals surface area contributed by atoms with E-state index in [9.17, 15) is 9.59 Å². The molecule has 2 N–H and O–H groups in total. The number of rotatable bonds is 5. The van der Waals surface area contributed by atoms with E-state index in [4.69, 9.17) is 4.74 Å². The summed E-state index contributed by atoms with van der Waals surface area (Å²) < 4.78 is 6.20. The van der Waals surface area contributed by atoms with Crippen molar-refractivity contribution in [1.29, 1.82) is 0 Å². The number of aryl methyl sites for hydroxylation is 3. The van der Waals surface area contributed by atoms with E-state index in [1.165, 1.54) is 0 Å². The highest BCUT2D eigenvalue weighted by Gasteiger charge is 2.24. The molecule has 1 fully saturated rings. The van der Waals surface area contributed by atoms with Crippen LogP contribution in [0, 0.1) is 20.8 Å². The lowest BCUT2D eigenvalue weighted by atomic mass is 10.1. The van der Waals surface area contributed by atoms with Crippen LogP contribution >= 0.6 is 0 Å². The number of hydrogen-bond acceptors (Lipinski definition) is 3. The van der Waals surface area contributed by atoms with Crippen molar-refractivity contribution in [2.45, 2.75) is 39.7 Å². The van der Waals surface area contributed by atoms with E-state index < -0.39 is 0 Å². The van der Waals surface area contributed by atoms with Crippen LogP contribution in [0.15, 0.2) is 42.5 Å². The minimum atomic E-state index is -0.378. The van der Waals surface area contributed by atoms with Crippen LogP contribution in [0.1, 0.15) is 29.5 Å². The van der Waals surface area contributed by atoms with Gasteiger partial charge in [0.15, 0.2) is 0 Å². The highest BCUT2D eigenvalue weighted by molar-refractivity contribution is 5.92. The van der Waals surface area contributed by atoms with Gasteiger partial charge in [0, 0.05) is 31.6 Å². The van der Waals surface area contributed by atoms with Crippen molar-refractivity contribution in [2.24, 2.45) is 0 Å². The Bertz CT molecular complexity index is 853. The summed E-state index contributed by atoms with van der Waals surface area (Å²) in [5.41, 5.74) is 4.03. The number of anilines is 1. The van der Waals surface area contributed by atoms with Crippen LogP contribution in [0.3, 0.4) is 0 Å². The van der Waals surface area contributed by atoms with Gasteiger partial charge in [-0.05, 0) is 49.6 Å². The van der Waals surface area contributed by atoms with Gasteiger partial charge in [-0.3, -0.25) is 4.79 Å². The molecule has 154 valence electrons. The van der Waals surface area contributed by atoms with Gasteiger partial charge in [0.05, 0.1) is 6.54 Å². The van der Waals surface area contributed by atoms with Gasteiger partial charge in [0.25, 0.3) is 0 Å². The van der Waals surface area contributed by atoms with Crippen molar-refractivity contribution >= 4 is 17.6 Å². The first-order valence-corrected chi connectivity index (χ1v) is 10.0. The van der Waals surface area contributed by atoms with E-state index in [1.807, 2.05) is 37.3 Å². The van der Waals surface area contributed by atoms with Crippen LogP contribution in [0.4, 0.5) is 10.5 Å². The van der Waals surface area contributed by atoms with Crippen LogP contribution in [0.5, 0.6) is 5.75 Å². The number of nitrogens with one attached hydrogen (secondary N) is 2. The van der Waals surface area contributed by atoms with Gasteiger partial charge in [-0.25, -0.2) is 4.79 Å². The normalized spacial score (nSPS) is 14.4. The number of nitrogens with zero attached hydrogens (tertiary/aromatic N) is 1. The largest absolute Gasteiger partial charge is 0.490 e. The van der Waals surface area contributed by atoms with Crippen molar-refractivity contribution < 1.29 is 14.3 Å². The highest BCUT2D eigenvalue weighted by Crippen LogP contribution is 2.26. The van der Waals surface area contributed by atoms with E-state index in [-0.39, 0.29) is 24.6 Å². The summed E-state index contributed by atoms with van der Waals surface area (Å²) in [7, 11) is 0. The summed E-state index contributed by atoms with van der Waals surface area (Å²) >= 11 is 0. The quantitative estimate of drug-likeness (QED) is 0.809. The van der Waals surface area contributed by atoms with E-state index in [2.05, 4.69) is 36.6 Å². The summed E-state index contributed by atoms with van der Waals surface area (Å²) in [5, 5.41) is 5.39. The fourth-order valence-electron chi connectivity index (χ4n) is 3.54. The van der Waals surface area contributed by atoms with Crippen molar-refractivity contribution in [3.63, 3.8) is 0 Å². The third-order valence-electron chi connectivity index (χ3n) is 5.16. The van der Waals surface area contributed by atoms with Crippen LogP contribution < -0.4 is 15.4 Å². The molecular weight excluding hydrogens is 366 g/mol. The molecule has 0 bridgehead atoms. The molecule has 1 aliphatic heterocycles. The molecule has 3 rings (SSSR count). The Labute approximate surface area is 172 Å². The molecule has 0 unspecified atom stereocenters. The van der Waals surface area contributed by atoms with Gasteiger partial charge in [-0.15, -0.1) is 0 Å². The van der Waals surface area contributed by atoms with Crippen molar-refractivity contribution in [3.05, 3.63) is 59.2 Å². The third-order valence-corrected chi connectivity index (χ3v) is 5.16. The summed E-state index contributed by atoms with van der Waals surface area (Å²) in [5.74, 6) is 0.877. The molecule has 6 nitrogen and oxygen atoms in total. The average molecular weight is 396 g/mol. The predicted molar refractivity (Wildman–Crippen MR) is 114 cm³/mol. The lowest BCUT2D eigenvalue weighted by Gasteiger charge is -2.33. The topological polar surface area (TPSA) is 70.7 Å². The molecule has 3 amide bonds. The standard InChI is InChI=1S/C23H29N3O3/c1-16-6-4-9-19(14-16)25-23(28)24-15-21(27)26-12-10-20(11-13-26)29-22-17(2)7-5-8-18(22)3/h4-9,14,20H,10-13,15H2,1-3H3,(H2,24,25,28). The van der Waals surface area contributed by atoms with E-state index >= 15 is 0 Å². The third kappa shape index (κ3) is 5.73. The minimum Gasteiger partial charge on any atom is -0.490 e. The molecule has 1 saturated heterocycles. The second-order valence-corrected chi connectivity index (χ2v) is 7.60. The number of piperidine rings is 1. The van der Waals surface area contributed by atoms with Gasteiger partial charge >= 0.3 is 6.03 Å². The first-order valence-electron chi connectivity index (χ1n) is 10.0. The van der Waals surface area contributed by atoms with Gasteiger partial charge in [-0.2, -0.15) is 0 Å². The molecular formula is C23H29N3O3. The van der Waals surface area contributed by atoms with E-state index in [0.717, 1.165) is 35.3 Å². The molecule has 0 spiro atoms. The van der Waals surface area contributed by atoms with Gasteiger partial charge < -0.3 is 20.3 Å². The lowest BCUT2D eigenvalue weighted by Crippen LogP contribution is -2.46. The zero-order valence-corrected chi connectivity index (χ0v) is 17.3. The van der Waals surface area contributed by atoms with Crippen molar-refractivity contribution in [1.82, 2.24) is 10.2 Å². The predicted octanol–water partition coefficient (Wildman–Crippen LogP) is 3.80. The molecule has 0 aliphatic carbocycles. The number of urea groups is 1. The molecule has 2 aromatic rings. The second-order valence-electron chi connectivity index (χ2n) is 7.60. The number of benzene rings is 2. The zero-order chi connectivity index (χ0) is 20.8. The zero-order valence-electron chi connectivity index (χ0n) is 17.3. The number of likely N-dealkylation sites (tertiary alicyclic amines) is 1. The molecule has 0 radical (unpaired) electrons. The van der Waals surface area contributed by atoms with Gasteiger partial charge in [0.1, 0.15) is 11.9 Å². The van der Waals surface area contributed by atoms with Crippen molar-refractivity contribution in [3.8, 4) is 5.75 Å². The number of amides is 3. The second kappa shape index (κ2) is 9.45. The van der Waals surface area contributed by atoms with E-state index in [0.29, 0.717) is 18.8 Å². The maximum Gasteiger partial charge on any atom is 0.319 e. The van der Waals surface area contributed by atoms with Crippen molar-refractivity contribution in [2.75, 3.05) is 25.0 Å². The average Bonchev–Trinajstić information content (AvgIpc) is 2.69. The molecule has 0 atom stereocenters. The van der Waals surface area contributed by atoms with Crippen LogP contribution in [0.25, 0.3) is 0 Å². The Morgan fingerprint density at radius 3 is 2.34 bits per heavy atom. The van der Waals surface area contributed by atoms with E-state index in [1.54, 1.807) is 4.90 Å². The maximum absolute atomic E-state index is 12.4. The number of ether oxygens (including phenoxy) is 1. The first kappa shape index (κ1) is 20.7. The number of carbonyl (C=O) groups excluding carboxylic acids is 2. The van der Waals surface area contributed by atoms with Gasteiger partial charge in [-0.1, -0.05) is 30.3 Å². The molecule has 1 aliphatic rings. The summed E-state index contributed by atoms with van der Waals surface area (Å²) in [6.45, 7) is 7.31. The fraction of sp³-hybridized carbons (Fsp3) is 0.391. The Kier molecular flexibility index (Phi) is 6.75. The fourth-order valence-corrected chi connectivity index (χ4v) is 3.54. The van der Waals surface area contributed by atoms with Gasteiger partial charge in [0.2, 0.25) is 5.91 Å². The summed E-state index contributed by atoms with van der Waals surface area (Å²) in [4.78, 5) is 26.2. The SMILES string of the molecule is Cc1cccc(NC(=O)NCC(=O)N2CCC(Oc3c(C)cccc3C)CC2)c1. The smallest absolute Gasteiger partial charge is 0.319 e. The molecule has 0 saturated carbocycles. The number of carbonyl (C=O) groups is 2. The number of hydrogen-bond donors (Lipinski definition) is 2. The Morgan fingerprint density at radius 1 is 1.03 bits per heavy atom. The van der Waals surface area contributed by atoms with Crippen LogP contribution in [-0.4, -0.2) is 42.6 Å². The Balaban J connectivity index is 1.42. The van der Waals surface area contributed by atoms with Crippen LogP contribution in [-0.2, 0) is 4.79 Å². The first-order chi connectivity index (χ1) is 13.9. The molecule has 6 heteroatoms. The molecule has 0 aromatic heterocycles. The molecule has 29 heavy (non-hydrogen) atoms. The minimum absolute atomic E-state index is 0.0138. The maximum atomic E-state index is 12.4. The highest BCUT2D eigenvalue weighted by atomic mass is 16.5. The number of para-hydroxylation sites is 1. The van der Waals surface area contributed by atoms with Crippen LogP contribution in [0.2, 0.25) is 0 Å². The summed E-state index contributed by atoms with van der Waals surface area (Å²) in [6.07, 6.45) is 1.68. The molecule has 2 aromatic carbocycles. The lowest BCUT2D eigenvalue weighted by molar-refractivity contribution is -0.131.